The van der Waals surface area contributed by atoms with Crippen LogP contribution >= 0.6 is 7.82 Å². The van der Waals surface area contributed by atoms with Gasteiger partial charge >= 0.3 is 19.8 Å². The maximum absolute atomic E-state index is 12.6. The molecule has 0 aliphatic heterocycles. The van der Waals surface area contributed by atoms with Crippen molar-refractivity contribution in [2.45, 2.75) is 264 Å². The summed E-state index contributed by atoms with van der Waals surface area (Å²) in [5.41, 5.74) is 5.36. The standard InChI is InChI=1S/C49H96NO8P/c1-3-5-7-9-11-13-15-17-19-21-22-23-24-26-28-30-32-34-36-38-40-42-49(52)58-47(46-57-59(53,54)56-44-43-50)45-55-48(51)41-39-37-35-33-31-29-27-25-20-18-16-14-12-10-8-6-4-2/h21-22,47H,3-20,23-46,50H2,1-2H3,(H,53,54)/b22-21-. The van der Waals surface area contributed by atoms with E-state index in [2.05, 4.69) is 26.0 Å². The molecule has 0 aromatic rings. The minimum Gasteiger partial charge on any atom is -0.462 e. The van der Waals surface area contributed by atoms with Crippen molar-refractivity contribution in [1.82, 2.24) is 0 Å². The fourth-order valence-electron chi connectivity index (χ4n) is 7.40. The second kappa shape index (κ2) is 46.3. The normalized spacial score (nSPS) is 13.2. The van der Waals surface area contributed by atoms with Crippen LogP contribution in [0.1, 0.15) is 258 Å². The molecule has 0 saturated heterocycles. The second-order valence-corrected chi connectivity index (χ2v) is 18.5. The third-order valence-electron chi connectivity index (χ3n) is 11.2. The molecule has 0 saturated carbocycles. The zero-order chi connectivity index (χ0) is 43.2. The largest absolute Gasteiger partial charge is 0.472 e. The Morgan fingerprint density at radius 3 is 1.20 bits per heavy atom. The summed E-state index contributed by atoms with van der Waals surface area (Å²) in [5, 5.41) is 0. The number of allylic oxidation sites excluding steroid dienone is 2. The van der Waals surface area contributed by atoms with Gasteiger partial charge in [-0.15, -0.1) is 0 Å². The smallest absolute Gasteiger partial charge is 0.462 e. The van der Waals surface area contributed by atoms with E-state index in [1.54, 1.807) is 0 Å². The van der Waals surface area contributed by atoms with Crippen molar-refractivity contribution < 1.29 is 37.6 Å². The number of ether oxygens (including phenoxy) is 2. The van der Waals surface area contributed by atoms with Gasteiger partial charge in [0.25, 0.3) is 0 Å². The molecule has 0 aliphatic carbocycles. The van der Waals surface area contributed by atoms with Crippen molar-refractivity contribution in [2.24, 2.45) is 5.73 Å². The SMILES string of the molecule is CCCCCCCCCC/C=C\CCCCCCCCCCCC(=O)OC(COC(=O)CCCCCCCCCCCCCCCCCCC)COP(=O)(O)OCCN. The van der Waals surface area contributed by atoms with Crippen LogP contribution in [-0.2, 0) is 32.7 Å². The number of phosphoric ester groups is 1. The predicted octanol–water partition coefficient (Wildman–Crippen LogP) is 15.0. The van der Waals surface area contributed by atoms with E-state index < -0.39 is 26.5 Å². The summed E-state index contributed by atoms with van der Waals surface area (Å²) in [6.45, 7) is 3.78. The van der Waals surface area contributed by atoms with Crippen LogP contribution in [0.4, 0.5) is 0 Å². The van der Waals surface area contributed by atoms with Crippen LogP contribution in [0.2, 0.25) is 0 Å². The van der Waals surface area contributed by atoms with Gasteiger partial charge in [0.1, 0.15) is 6.61 Å². The van der Waals surface area contributed by atoms with Crippen LogP contribution in [0.15, 0.2) is 12.2 Å². The summed E-state index contributed by atoms with van der Waals surface area (Å²) in [4.78, 5) is 35.0. The van der Waals surface area contributed by atoms with Gasteiger partial charge in [0, 0.05) is 19.4 Å². The van der Waals surface area contributed by atoms with E-state index in [-0.39, 0.29) is 38.6 Å². The summed E-state index contributed by atoms with van der Waals surface area (Å²) < 4.78 is 32.9. The zero-order valence-corrected chi connectivity index (χ0v) is 39.7. The van der Waals surface area contributed by atoms with Gasteiger partial charge in [0.2, 0.25) is 0 Å². The summed E-state index contributed by atoms with van der Waals surface area (Å²) in [6, 6.07) is 0. The summed E-state index contributed by atoms with van der Waals surface area (Å²) in [5.74, 6) is -0.815. The Labute approximate surface area is 364 Å². The van der Waals surface area contributed by atoms with Gasteiger partial charge < -0.3 is 20.1 Å². The van der Waals surface area contributed by atoms with Crippen LogP contribution in [0, 0.1) is 0 Å². The van der Waals surface area contributed by atoms with E-state index in [9.17, 15) is 19.0 Å². The molecule has 9 nitrogen and oxygen atoms in total. The first-order valence-electron chi connectivity index (χ1n) is 25.2. The molecule has 0 aromatic carbocycles. The second-order valence-electron chi connectivity index (χ2n) is 17.0. The van der Waals surface area contributed by atoms with Crippen molar-refractivity contribution >= 4 is 19.8 Å². The third-order valence-corrected chi connectivity index (χ3v) is 12.1. The molecule has 0 fully saturated rings. The molecule has 2 atom stereocenters. The Morgan fingerprint density at radius 1 is 0.492 bits per heavy atom. The number of esters is 2. The Bertz CT molecular complexity index is 980. The molecule has 2 unspecified atom stereocenters. The monoisotopic (exact) mass is 858 g/mol. The Morgan fingerprint density at radius 2 is 0.831 bits per heavy atom. The highest BCUT2D eigenvalue weighted by Gasteiger charge is 2.26. The number of carbonyl (C=O) groups excluding carboxylic acids is 2. The predicted molar refractivity (Wildman–Crippen MR) is 248 cm³/mol. The Hall–Kier alpha value is -1.25. The topological polar surface area (TPSA) is 134 Å². The van der Waals surface area contributed by atoms with E-state index >= 15 is 0 Å². The summed E-state index contributed by atoms with van der Waals surface area (Å²) >= 11 is 0. The molecule has 0 spiro atoms. The average molecular weight is 858 g/mol. The van der Waals surface area contributed by atoms with Crippen molar-refractivity contribution in [1.29, 1.82) is 0 Å². The molecule has 350 valence electrons. The zero-order valence-electron chi connectivity index (χ0n) is 38.8. The highest BCUT2D eigenvalue weighted by molar-refractivity contribution is 7.47. The van der Waals surface area contributed by atoms with E-state index in [4.69, 9.17) is 24.3 Å². The van der Waals surface area contributed by atoms with Crippen molar-refractivity contribution in [3.8, 4) is 0 Å². The molecule has 0 heterocycles. The van der Waals surface area contributed by atoms with Crippen LogP contribution in [-0.4, -0.2) is 49.3 Å². The molecular formula is C49H96NO8P. The Kier molecular flexibility index (Phi) is 45.3. The summed E-state index contributed by atoms with van der Waals surface area (Å²) in [6.07, 6.45) is 49.6. The van der Waals surface area contributed by atoms with Gasteiger partial charge in [-0.25, -0.2) is 4.57 Å². The number of unbranched alkanes of at least 4 members (excludes halogenated alkanes) is 33. The fraction of sp³-hybridized carbons (Fsp3) is 0.918. The van der Waals surface area contributed by atoms with Crippen LogP contribution < -0.4 is 5.73 Å². The van der Waals surface area contributed by atoms with Gasteiger partial charge in [0.05, 0.1) is 13.2 Å². The van der Waals surface area contributed by atoms with Gasteiger partial charge in [-0.05, 0) is 38.5 Å². The Balaban J connectivity index is 4.02. The molecule has 3 N–H and O–H groups in total. The van der Waals surface area contributed by atoms with Crippen LogP contribution in [0.25, 0.3) is 0 Å². The molecule has 59 heavy (non-hydrogen) atoms. The van der Waals surface area contributed by atoms with Crippen molar-refractivity contribution in [3.05, 3.63) is 12.2 Å². The molecule has 0 amide bonds. The lowest BCUT2D eigenvalue weighted by molar-refractivity contribution is -0.161. The maximum atomic E-state index is 12.6. The molecule has 0 aliphatic rings. The molecule has 0 rings (SSSR count). The molecule has 10 heteroatoms. The number of carbonyl (C=O) groups is 2. The fourth-order valence-corrected chi connectivity index (χ4v) is 8.16. The highest BCUT2D eigenvalue weighted by Crippen LogP contribution is 2.43. The van der Waals surface area contributed by atoms with Gasteiger partial charge in [-0.1, -0.05) is 219 Å². The lowest BCUT2D eigenvalue weighted by atomic mass is 10.0. The quantitative estimate of drug-likeness (QED) is 0.0265. The average Bonchev–Trinajstić information content (AvgIpc) is 3.22. The first-order valence-corrected chi connectivity index (χ1v) is 26.7. The lowest BCUT2D eigenvalue weighted by Gasteiger charge is -2.19. The third kappa shape index (κ3) is 46.1. The molecule has 0 radical (unpaired) electrons. The maximum Gasteiger partial charge on any atom is 0.472 e. The van der Waals surface area contributed by atoms with Crippen LogP contribution in [0.5, 0.6) is 0 Å². The van der Waals surface area contributed by atoms with Gasteiger partial charge in [-0.2, -0.15) is 0 Å². The minimum atomic E-state index is -4.38. The van der Waals surface area contributed by atoms with Crippen LogP contribution in [0.3, 0.4) is 0 Å². The molecular weight excluding hydrogens is 762 g/mol. The van der Waals surface area contributed by atoms with Gasteiger partial charge in [-0.3, -0.25) is 18.6 Å². The number of rotatable bonds is 48. The van der Waals surface area contributed by atoms with E-state index in [0.29, 0.717) is 6.42 Å². The van der Waals surface area contributed by atoms with Gasteiger partial charge in [0.15, 0.2) is 6.10 Å². The van der Waals surface area contributed by atoms with Crippen molar-refractivity contribution in [2.75, 3.05) is 26.4 Å². The van der Waals surface area contributed by atoms with Crippen molar-refractivity contribution in [3.63, 3.8) is 0 Å². The minimum absolute atomic E-state index is 0.0562. The first kappa shape index (κ1) is 57.8. The number of hydrogen-bond acceptors (Lipinski definition) is 8. The first-order chi connectivity index (χ1) is 28.8. The van der Waals surface area contributed by atoms with E-state index in [0.717, 1.165) is 38.5 Å². The number of phosphoric acid groups is 1. The number of nitrogens with two attached hydrogens (primary N) is 1. The van der Waals surface area contributed by atoms with E-state index in [1.165, 1.54) is 186 Å². The summed E-state index contributed by atoms with van der Waals surface area (Å²) in [7, 11) is -4.38. The lowest BCUT2D eigenvalue weighted by Crippen LogP contribution is -2.29. The van der Waals surface area contributed by atoms with E-state index in [1.807, 2.05) is 0 Å². The number of hydrogen-bond donors (Lipinski definition) is 2. The molecule has 0 aromatic heterocycles. The highest BCUT2D eigenvalue weighted by atomic mass is 31.2. The molecule has 0 bridgehead atoms.